The first-order chi connectivity index (χ1) is 12.6. The highest BCUT2D eigenvalue weighted by molar-refractivity contribution is 8.00. The molecule has 0 aromatic heterocycles. The maximum Gasteiger partial charge on any atom is 0.250 e. The molecule has 0 aliphatic heterocycles. The van der Waals surface area contributed by atoms with Gasteiger partial charge < -0.3 is 9.47 Å². The van der Waals surface area contributed by atoms with E-state index in [2.05, 4.69) is 17.1 Å². The Hall–Kier alpha value is -2.44. The Morgan fingerprint density at radius 2 is 2.04 bits per heavy atom. The number of hydrazone groups is 1. The second-order valence-corrected chi connectivity index (χ2v) is 6.53. The molecule has 2 aromatic rings. The Morgan fingerprint density at radius 1 is 1.27 bits per heavy atom. The SMILES string of the molecule is C=CCOc1ccc(C=NNC(=O)CSc2ccc(Cl)cc2)cc1OC. The summed E-state index contributed by atoms with van der Waals surface area (Å²) in [6, 6.07) is 12.7. The fourth-order valence-corrected chi connectivity index (χ4v) is 2.74. The first-order valence-electron chi connectivity index (χ1n) is 7.74. The molecule has 26 heavy (non-hydrogen) atoms. The summed E-state index contributed by atoms with van der Waals surface area (Å²) in [5.74, 6) is 1.27. The second-order valence-electron chi connectivity index (χ2n) is 5.05. The van der Waals surface area contributed by atoms with Gasteiger partial charge in [-0.2, -0.15) is 5.10 Å². The average Bonchev–Trinajstić information content (AvgIpc) is 2.66. The predicted molar refractivity (Wildman–Crippen MR) is 107 cm³/mol. The van der Waals surface area contributed by atoms with Crippen molar-refractivity contribution in [1.29, 1.82) is 0 Å². The van der Waals surface area contributed by atoms with Crippen molar-refractivity contribution in [3.63, 3.8) is 0 Å². The maximum absolute atomic E-state index is 11.8. The topological polar surface area (TPSA) is 59.9 Å². The lowest BCUT2D eigenvalue weighted by Crippen LogP contribution is -2.19. The molecular formula is C19H19ClN2O3S. The molecule has 0 bridgehead atoms. The third-order valence-electron chi connectivity index (χ3n) is 3.13. The van der Waals surface area contributed by atoms with E-state index in [4.69, 9.17) is 21.1 Å². The van der Waals surface area contributed by atoms with Crippen molar-refractivity contribution in [3.8, 4) is 11.5 Å². The smallest absolute Gasteiger partial charge is 0.250 e. The van der Waals surface area contributed by atoms with Crippen LogP contribution in [0.25, 0.3) is 0 Å². The first kappa shape index (κ1) is 19.9. The molecule has 0 radical (unpaired) electrons. The molecule has 0 unspecified atom stereocenters. The van der Waals surface area contributed by atoms with Crippen LogP contribution in [-0.2, 0) is 4.79 Å². The normalized spacial score (nSPS) is 10.5. The summed E-state index contributed by atoms with van der Waals surface area (Å²) in [7, 11) is 1.56. The molecule has 0 aliphatic carbocycles. The van der Waals surface area contributed by atoms with Gasteiger partial charge in [-0.1, -0.05) is 24.3 Å². The van der Waals surface area contributed by atoms with Gasteiger partial charge in [0.25, 0.3) is 0 Å². The van der Waals surface area contributed by atoms with Gasteiger partial charge in [-0.15, -0.1) is 11.8 Å². The van der Waals surface area contributed by atoms with Gasteiger partial charge in [0.15, 0.2) is 11.5 Å². The van der Waals surface area contributed by atoms with Crippen LogP contribution in [-0.4, -0.2) is 31.6 Å². The maximum atomic E-state index is 11.8. The second kappa shape index (κ2) is 10.5. The Balaban J connectivity index is 1.85. The molecule has 2 rings (SSSR count). The number of amides is 1. The van der Waals surface area contributed by atoms with Crippen LogP contribution < -0.4 is 14.9 Å². The molecule has 2 aromatic carbocycles. The molecule has 0 aliphatic rings. The molecule has 0 spiro atoms. The van der Waals surface area contributed by atoms with Crippen molar-refractivity contribution in [2.45, 2.75) is 4.90 Å². The van der Waals surface area contributed by atoms with Crippen LogP contribution in [0.1, 0.15) is 5.56 Å². The highest BCUT2D eigenvalue weighted by Gasteiger charge is 2.05. The number of nitrogens with one attached hydrogen (secondary N) is 1. The fraction of sp³-hybridized carbons (Fsp3) is 0.158. The number of hydrogen-bond donors (Lipinski definition) is 1. The fourth-order valence-electron chi connectivity index (χ4n) is 1.92. The summed E-state index contributed by atoms with van der Waals surface area (Å²) >= 11 is 7.24. The van der Waals surface area contributed by atoms with E-state index in [1.54, 1.807) is 43.7 Å². The number of methoxy groups -OCH3 is 1. The highest BCUT2D eigenvalue weighted by atomic mass is 35.5. The number of carbonyl (C=O) groups is 1. The van der Waals surface area contributed by atoms with E-state index in [9.17, 15) is 4.79 Å². The van der Waals surface area contributed by atoms with Crippen molar-refractivity contribution in [2.75, 3.05) is 19.5 Å². The standard InChI is InChI=1S/C19H19ClN2O3S/c1-3-10-25-17-9-4-14(11-18(17)24-2)12-21-22-19(23)13-26-16-7-5-15(20)6-8-16/h3-9,11-12H,1,10,13H2,2H3,(H,22,23). The summed E-state index contributed by atoms with van der Waals surface area (Å²) in [5.41, 5.74) is 3.27. The number of hydrogen-bond acceptors (Lipinski definition) is 5. The van der Waals surface area contributed by atoms with E-state index in [0.717, 1.165) is 10.5 Å². The number of benzene rings is 2. The van der Waals surface area contributed by atoms with Gasteiger partial charge in [0, 0.05) is 9.92 Å². The number of rotatable bonds is 9. The summed E-state index contributed by atoms with van der Waals surface area (Å²) in [6.45, 7) is 4.00. The summed E-state index contributed by atoms with van der Waals surface area (Å²) in [5, 5.41) is 4.63. The number of nitrogens with zero attached hydrogens (tertiary/aromatic N) is 1. The van der Waals surface area contributed by atoms with Crippen molar-refractivity contribution < 1.29 is 14.3 Å². The van der Waals surface area contributed by atoms with E-state index in [0.29, 0.717) is 23.1 Å². The molecule has 0 heterocycles. The van der Waals surface area contributed by atoms with Crippen LogP contribution >= 0.6 is 23.4 Å². The van der Waals surface area contributed by atoms with Crippen LogP contribution in [0.5, 0.6) is 11.5 Å². The van der Waals surface area contributed by atoms with E-state index in [1.807, 2.05) is 18.2 Å². The lowest BCUT2D eigenvalue weighted by Gasteiger charge is -2.09. The Kier molecular flexibility index (Phi) is 8.05. The lowest BCUT2D eigenvalue weighted by atomic mass is 10.2. The lowest BCUT2D eigenvalue weighted by molar-refractivity contribution is -0.118. The summed E-state index contributed by atoms with van der Waals surface area (Å²) < 4.78 is 10.8. The minimum absolute atomic E-state index is 0.195. The summed E-state index contributed by atoms with van der Waals surface area (Å²) in [6.07, 6.45) is 3.21. The van der Waals surface area contributed by atoms with Gasteiger partial charge in [0.2, 0.25) is 5.91 Å². The van der Waals surface area contributed by atoms with Gasteiger partial charge in [-0.05, 0) is 48.0 Å². The van der Waals surface area contributed by atoms with E-state index >= 15 is 0 Å². The molecular weight excluding hydrogens is 372 g/mol. The van der Waals surface area contributed by atoms with Crippen molar-refractivity contribution in [2.24, 2.45) is 5.10 Å². The highest BCUT2D eigenvalue weighted by Crippen LogP contribution is 2.27. The van der Waals surface area contributed by atoms with Crippen LogP contribution in [0.15, 0.2) is 65.1 Å². The van der Waals surface area contributed by atoms with Gasteiger partial charge in [0.1, 0.15) is 6.61 Å². The molecule has 0 saturated heterocycles. The number of halogens is 1. The monoisotopic (exact) mass is 390 g/mol. The molecule has 1 N–H and O–H groups in total. The van der Waals surface area contributed by atoms with Gasteiger partial charge in [-0.25, -0.2) is 5.43 Å². The third-order valence-corrected chi connectivity index (χ3v) is 4.39. The van der Waals surface area contributed by atoms with E-state index in [1.165, 1.54) is 11.8 Å². The van der Waals surface area contributed by atoms with Crippen molar-refractivity contribution >= 4 is 35.5 Å². The minimum atomic E-state index is -0.195. The van der Waals surface area contributed by atoms with Crippen LogP contribution in [0.2, 0.25) is 5.02 Å². The Bertz CT molecular complexity index is 779. The minimum Gasteiger partial charge on any atom is -0.493 e. The molecule has 1 amide bonds. The van der Waals surface area contributed by atoms with Gasteiger partial charge in [0.05, 0.1) is 19.1 Å². The first-order valence-corrected chi connectivity index (χ1v) is 9.10. The van der Waals surface area contributed by atoms with Crippen molar-refractivity contribution in [1.82, 2.24) is 5.43 Å². The molecule has 5 nitrogen and oxygen atoms in total. The van der Waals surface area contributed by atoms with Crippen LogP contribution in [0, 0.1) is 0 Å². The summed E-state index contributed by atoms with van der Waals surface area (Å²) in [4.78, 5) is 12.8. The molecule has 0 fully saturated rings. The molecule has 7 heteroatoms. The number of thioether (sulfide) groups is 1. The quantitative estimate of drug-likeness (QED) is 0.302. The zero-order valence-electron chi connectivity index (χ0n) is 14.3. The molecule has 0 saturated carbocycles. The largest absolute Gasteiger partial charge is 0.493 e. The average molecular weight is 391 g/mol. The molecule has 136 valence electrons. The Morgan fingerprint density at radius 3 is 2.73 bits per heavy atom. The zero-order valence-corrected chi connectivity index (χ0v) is 15.8. The number of ether oxygens (including phenoxy) is 2. The predicted octanol–water partition coefficient (Wildman–Crippen LogP) is 4.16. The van der Waals surface area contributed by atoms with Gasteiger partial charge >= 0.3 is 0 Å². The zero-order chi connectivity index (χ0) is 18.8. The van der Waals surface area contributed by atoms with Crippen molar-refractivity contribution in [3.05, 3.63) is 65.7 Å². The third kappa shape index (κ3) is 6.46. The van der Waals surface area contributed by atoms with Crippen LogP contribution in [0.3, 0.4) is 0 Å². The van der Waals surface area contributed by atoms with Crippen LogP contribution in [0.4, 0.5) is 0 Å². The van der Waals surface area contributed by atoms with Gasteiger partial charge in [-0.3, -0.25) is 4.79 Å². The van der Waals surface area contributed by atoms with E-state index < -0.39 is 0 Å². The van der Waals surface area contributed by atoms with E-state index in [-0.39, 0.29) is 11.7 Å². The number of carbonyl (C=O) groups excluding carboxylic acids is 1. The molecule has 0 atom stereocenters. The Labute approximate surface area is 162 Å².